The van der Waals surface area contributed by atoms with Crippen molar-refractivity contribution in [2.45, 2.75) is 25.0 Å². The number of nitrogens with one attached hydrogen (secondary N) is 1. The van der Waals surface area contributed by atoms with Gasteiger partial charge in [-0.15, -0.1) is 0 Å². The number of rotatable bonds is 1. The van der Waals surface area contributed by atoms with Gasteiger partial charge in [-0.2, -0.15) is 0 Å². The molecule has 0 aromatic heterocycles. The first-order valence-corrected chi connectivity index (χ1v) is 3.98. The van der Waals surface area contributed by atoms with Gasteiger partial charge in [0.2, 0.25) is 0 Å². The van der Waals surface area contributed by atoms with Crippen molar-refractivity contribution in [1.29, 1.82) is 0 Å². The van der Waals surface area contributed by atoms with Gasteiger partial charge in [0, 0.05) is 12.1 Å². The molecule has 2 aliphatic heterocycles. The van der Waals surface area contributed by atoms with Crippen LogP contribution in [0.25, 0.3) is 0 Å². The number of carbonyl (C=O) groups excluding carboxylic acids is 1. The Morgan fingerprint density at radius 3 is 3.09 bits per heavy atom. The molecular formula is C8H11NO2. The SMILES string of the molecule is O=C1C=CC(C2CCCN2)O1. The Balaban J connectivity index is 1.96. The first-order chi connectivity index (χ1) is 5.36. The fourth-order valence-electron chi connectivity index (χ4n) is 1.59. The van der Waals surface area contributed by atoms with Gasteiger partial charge >= 0.3 is 5.97 Å². The van der Waals surface area contributed by atoms with Crippen molar-refractivity contribution in [3.63, 3.8) is 0 Å². The smallest absolute Gasteiger partial charge is 0.331 e. The third kappa shape index (κ3) is 1.28. The van der Waals surface area contributed by atoms with Gasteiger partial charge in [0.1, 0.15) is 6.10 Å². The van der Waals surface area contributed by atoms with Crippen LogP contribution in [-0.2, 0) is 9.53 Å². The first kappa shape index (κ1) is 6.85. The summed E-state index contributed by atoms with van der Waals surface area (Å²) < 4.78 is 5.03. The van der Waals surface area contributed by atoms with Crippen LogP contribution in [0, 0.1) is 0 Å². The lowest BCUT2D eigenvalue weighted by Crippen LogP contribution is -2.34. The van der Waals surface area contributed by atoms with Gasteiger partial charge in [0.05, 0.1) is 0 Å². The molecule has 3 heteroatoms. The van der Waals surface area contributed by atoms with Crippen molar-refractivity contribution in [2.75, 3.05) is 6.54 Å². The van der Waals surface area contributed by atoms with Crippen molar-refractivity contribution < 1.29 is 9.53 Å². The Kier molecular flexibility index (Phi) is 1.66. The van der Waals surface area contributed by atoms with Crippen LogP contribution in [0.15, 0.2) is 12.2 Å². The lowest BCUT2D eigenvalue weighted by molar-refractivity contribution is -0.139. The Morgan fingerprint density at radius 1 is 1.64 bits per heavy atom. The minimum Gasteiger partial charge on any atom is -0.453 e. The summed E-state index contributed by atoms with van der Waals surface area (Å²) in [4.78, 5) is 10.7. The number of ether oxygens (including phenoxy) is 1. The molecule has 0 aromatic carbocycles. The highest BCUT2D eigenvalue weighted by molar-refractivity contribution is 5.84. The molecule has 2 atom stereocenters. The zero-order valence-electron chi connectivity index (χ0n) is 6.25. The summed E-state index contributed by atoms with van der Waals surface area (Å²) in [5.74, 6) is -0.205. The second-order valence-corrected chi connectivity index (χ2v) is 2.96. The zero-order valence-corrected chi connectivity index (χ0v) is 6.25. The second-order valence-electron chi connectivity index (χ2n) is 2.96. The molecule has 2 rings (SSSR count). The highest BCUT2D eigenvalue weighted by Gasteiger charge is 2.28. The largest absolute Gasteiger partial charge is 0.453 e. The molecular weight excluding hydrogens is 142 g/mol. The number of cyclic esters (lactones) is 1. The summed E-state index contributed by atoms with van der Waals surface area (Å²) >= 11 is 0. The third-order valence-corrected chi connectivity index (χ3v) is 2.17. The standard InChI is InChI=1S/C8H11NO2/c10-8-4-3-7(11-8)6-2-1-5-9-6/h3-4,6-7,9H,1-2,5H2. The zero-order chi connectivity index (χ0) is 7.68. The van der Waals surface area contributed by atoms with Gasteiger partial charge in [0.15, 0.2) is 0 Å². The van der Waals surface area contributed by atoms with E-state index in [1.54, 1.807) is 0 Å². The molecule has 1 fully saturated rings. The van der Waals surface area contributed by atoms with Crippen molar-refractivity contribution >= 4 is 5.97 Å². The van der Waals surface area contributed by atoms with E-state index in [4.69, 9.17) is 4.74 Å². The molecule has 0 saturated carbocycles. The predicted molar refractivity (Wildman–Crippen MR) is 40.0 cm³/mol. The van der Waals surface area contributed by atoms with E-state index in [9.17, 15) is 4.79 Å². The molecule has 2 unspecified atom stereocenters. The maximum atomic E-state index is 10.7. The molecule has 60 valence electrons. The molecule has 11 heavy (non-hydrogen) atoms. The minimum atomic E-state index is -0.205. The summed E-state index contributed by atoms with van der Waals surface area (Å²) in [6.07, 6.45) is 5.63. The summed E-state index contributed by atoms with van der Waals surface area (Å²) in [6, 6.07) is 0.359. The fourth-order valence-corrected chi connectivity index (χ4v) is 1.59. The van der Waals surface area contributed by atoms with Gasteiger partial charge in [-0.3, -0.25) is 0 Å². The Hall–Kier alpha value is -0.830. The highest BCUT2D eigenvalue weighted by Crippen LogP contribution is 2.16. The van der Waals surface area contributed by atoms with Crippen molar-refractivity contribution in [3.05, 3.63) is 12.2 Å². The van der Waals surface area contributed by atoms with E-state index in [1.807, 2.05) is 6.08 Å². The summed E-state index contributed by atoms with van der Waals surface area (Å²) in [7, 11) is 0. The van der Waals surface area contributed by atoms with Gasteiger partial charge < -0.3 is 10.1 Å². The van der Waals surface area contributed by atoms with Crippen LogP contribution in [0.2, 0.25) is 0 Å². The number of carbonyl (C=O) groups is 1. The molecule has 0 radical (unpaired) electrons. The van der Waals surface area contributed by atoms with Gasteiger partial charge in [-0.05, 0) is 25.5 Å². The topological polar surface area (TPSA) is 38.3 Å². The average molecular weight is 153 g/mol. The Labute approximate surface area is 65.4 Å². The van der Waals surface area contributed by atoms with E-state index >= 15 is 0 Å². The van der Waals surface area contributed by atoms with Crippen LogP contribution >= 0.6 is 0 Å². The molecule has 0 bridgehead atoms. The molecule has 0 aromatic rings. The second kappa shape index (κ2) is 2.66. The van der Waals surface area contributed by atoms with Crippen molar-refractivity contribution in [3.8, 4) is 0 Å². The van der Waals surface area contributed by atoms with Crippen LogP contribution in [0.5, 0.6) is 0 Å². The minimum absolute atomic E-state index is 0.00926. The van der Waals surface area contributed by atoms with Crippen LogP contribution in [0.4, 0.5) is 0 Å². The number of hydrogen-bond acceptors (Lipinski definition) is 3. The van der Waals surface area contributed by atoms with Gasteiger partial charge in [-0.25, -0.2) is 4.79 Å². The van der Waals surface area contributed by atoms with E-state index in [0.717, 1.165) is 13.0 Å². The molecule has 2 aliphatic rings. The van der Waals surface area contributed by atoms with E-state index in [2.05, 4.69) is 5.32 Å². The molecule has 0 aliphatic carbocycles. The van der Waals surface area contributed by atoms with Crippen LogP contribution in [-0.4, -0.2) is 24.7 Å². The predicted octanol–water partition coefficient (Wildman–Crippen LogP) is 0.220. The number of esters is 1. The quantitative estimate of drug-likeness (QED) is 0.548. The third-order valence-electron chi connectivity index (χ3n) is 2.17. The van der Waals surface area contributed by atoms with Gasteiger partial charge in [0.25, 0.3) is 0 Å². The molecule has 1 saturated heterocycles. The van der Waals surface area contributed by atoms with Crippen LogP contribution in [0.3, 0.4) is 0 Å². The first-order valence-electron chi connectivity index (χ1n) is 3.98. The van der Waals surface area contributed by atoms with Crippen LogP contribution < -0.4 is 5.32 Å². The monoisotopic (exact) mass is 153 g/mol. The van der Waals surface area contributed by atoms with Crippen molar-refractivity contribution in [1.82, 2.24) is 5.32 Å². The summed E-state index contributed by atoms with van der Waals surface area (Å²) in [6.45, 7) is 1.05. The molecule has 2 heterocycles. The average Bonchev–Trinajstić information content (AvgIpc) is 2.55. The van der Waals surface area contributed by atoms with Crippen LogP contribution in [0.1, 0.15) is 12.8 Å². The van der Waals surface area contributed by atoms with Gasteiger partial charge in [-0.1, -0.05) is 0 Å². The van der Waals surface area contributed by atoms with E-state index in [0.29, 0.717) is 6.04 Å². The maximum absolute atomic E-state index is 10.7. The fraction of sp³-hybridized carbons (Fsp3) is 0.625. The van der Waals surface area contributed by atoms with E-state index < -0.39 is 0 Å². The van der Waals surface area contributed by atoms with Crippen molar-refractivity contribution in [2.24, 2.45) is 0 Å². The molecule has 0 amide bonds. The molecule has 1 N–H and O–H groups in total. The van der Waals surface area contributed by atoms with E-state index in [-0.39, 0.29) is 12.1 Å². The normalized spacial score (nSPS) is 36.2. The maximum Gasteiger partial charge on any atom is 0.331 e. The molecule has 3 nitrogen and oxygen atoms in total. The summed E-state index contributed by atoms with van der Waals surface area (Å²) in [5.41, 5.74) is 0. The molecule has 0 spiro atoms. The number of hydrogen-bond donors (Lipinski definition) is 1. The highest BCUT2D eigenvalue weighted by atomic mass is 16.5. The lowest BCUT2D eigenvalue weighted by atomic mass is 10.1. The lowest BCUT2D eigenvalue weighted by Gasteiger charge is -2.15. The summed E-state index contributed by atoms with van der Waals surface area (Å²) in [5, 5.41) is 3.29. The van der Waals surface area contributed by atoms with E-state index in [1.165, 1.54) is 12.5 Å². The Morgan fingerprint density at radius 2 is 2.55 bits per heavy atom. The Bertz CT molecular complexity index is 194.